The number of alkyl halides is 4. The maximum atomic E-state index is 16.5. The molecule has 3 aliphatic heterocycles. The van der Waals surface area contributed by atoms with Crippen LogP contribution in [0.3, 0.4) is 0 Å². The summed E-state index contributed by atoms with van der Waals surface area (Å²) in [6.07, 6.45) is 0.325. The van der Waals surface area contributed by atoms with Gasteiger partial charge in [0, 0.05) is 57.0 Å². The van der Waals surface area contributed by atoms with Crippen LogP contribution in [0.2, 0.25) is 5.02 Å². The van der Waals surface area contributed by atoms with Gasteiger partial charge in [-0.15, -0.1) is 0 Å². The van der Waals surface area contributed by atoms with Crippen molar-refractivity contribution in [3.8, 4) is 17.3 Å². The standard InChI is InChI=1S/C34H36ClF5N8O2/c1-41-16-22-19-46(13-14-48(22)26(49)9-5-11-45(2)3)31-24-17-42-29(23-7-4-8-25(35)27(23)34(38,39)40)28(37)30(24)43-32(44-31)50-20-33-10-6-12-47(33)18-21(36)15-33/h4-5,7-9,17,21-22H,6,10-16,18-20H2,2-3H3/b9-5+/t21-,22+,33+/m1/s1. The second-order valence-electron chi connectivity index (χ2n) is 13.2. The van der Waals surface area contributed by atoms with Crippen LogP contribution in [0, 0.1) is 12.4 Å². The van der Waals surface area contributed by atoms with Gasteiger partial charge in [-0.25, -0.2) is 15.4 Å². The van der Waals surface area contributed by atoms with Gasteiger partial charge in [0.1, 0.15) is 35.8 Å². The number of carbonyl (C=O) groups excluding carboxylic acids is 1. The molecule has 0 aliphatic carbocycles. The summed E-state index contributed by atoms with van der Waals surface area (Å²) in [5, 5.41) is -0.506. The van der Waals surface area contributed by atoms with Crippen LogP contribution in [0.15, 0.2) is 36.5 Å². The Kier molecular flexibility index (Phi) is 10.2. The Labute approximate surface area is 291 Å². The lowest BCUT2D eigenvalue weighted by molar-refractivity contribution is -0.137. The first kappa shape index (κ1) is 35.7. The van der Waals surface area contributed by atoms with E-state index in [-0.39, 0.29) is 74.4 Å². The number of nitrogens with zero attached hydrogens (tertiary/aromatic N) is 8. The second-order valence-corrected chi connectivity index (χ2v) is 13.6. The minimum atomic E-state index is -4.90. The number of likely N-dealkylation sites (N-methyl/N-ethyl adjacent to an activating group) is 1. The van der Waals surface area contributed by atoms with Crippen LogP contribution in [0.4, 0.5) is 27.8 Å². The molecule has 2 aromatic heterocycles. The Bertz CT molecular complexity index is 1840. The van der Waals surface area contributed by atoms with Crippen molar-refractivity contribution in [3.05, 3.63) is 64.4 Å². The molecule has 0 N–H and O–H groups in total. The Morgan fingerprint density at radius 1 is 1.22 bits per heavy atom. The molecule has 16 heteroatoms. The molecule has 5 heterocycles. The fraction of sp³-hybridized carbons (Fsp3) is 0.500. The van der Waals surface area contributed by atoms with Crippen LogP contribution in [0.5, 0.6) is 6.01 Å². The number of pyridine rings is 1. The molecule has 0 spiro atoms. The van der Waals surface area contributed by atoms with Gasteiger partial charge < -0.3 is 24.3 Å². The van der Waals surface area contributed by atoms with Gasteiger partial charge in [-0.05, 0) is 39.5 Å². The highest BCUT2D eigenvalue weighted by molar-refractivity contribution is 6.31. The molecule has 266 valence electrons. The van der Waals surface area contributed by atoms with E-state index in [2.05, 4.69) is 19.8 Å². The van der Waals surface area contributed by atoms with Crippen molar-refractivity contribution < 1.29 is 31.5 Å². The van der Waals surface area contributed by atoms with E-state index in [4.69, 9.17) is 22.9 Å². The molecule has 0 saturated carbocycles. The molecular weight excluding hydrogens is 683 g/mol. The van der Waals surface area contributed by atoms with Crippen molar-refractivity contribution in [1.29, 1.82) is 0 Å². The highest BCUT2D eigenvalue weighted by Crippen LogP contribution is 2.43. The van der Waals surface area contributed by atoms with Crippen molar-refractivity contribution in [1.82, 2.24) is 29.7 Å². The van der Waals surface area contributed by atoms with E-state index in [1.165, 1.54) is 18.3 Å². The summed E-state index contributed by atoms with van der Waals surface area (Å²) >= 11 is 5.95. The van der Waals surface area contributed by atoms with Gasteiger partial charge in [-0.2, -0.15) is 23.1 Å². The molecular formula is C34H36ClF5N8O2. The number of rotatable bonds is 9. The van der Waals surface area contributed by atoms with Crippen molar-refractivity contribution >= 4 is 34.2 Å². The van der Waals surface area contributed by atoms with Gasteiger partial charge in [0.15, 0.2) is 5.82 Å². The summed E-state index contributed by atoms with van der Waals surface area (Å²) in [4.78, 5) is 37.1. The summed E-state index contributed by atoms with van der Waals surface area (Å²) in [6, 6.07) is 2.65. The van der Waals surface area contributed by atoms with Gasteiger partial charge in [0.25, 0.3) is 0 Å². The number of halogens is 6. The number of hydrogen-bond acceptors (Lipinski definition) is 8. The molecule has 0 bridgehead atoms. The second kappa shape index (κ2) is 14.2. The Morgan fingerprint density at radius 3 is 2.76 bits per heavy atom. The number of anilines is 1. The number of aromatic nitrogens is 3. The Balaban J connectivity index is 1.41. The fourth-order valence-corrected chi connectivity index (χ4v) is 7.51. The van der Waals surface area contributed by atoms with Crippen molar-refractivity contribution in [3.63, 3.8) is 0 Å². The molecule has 10 nitrogen and oxygen atoms in total. The maximum Gasteiger partial charge on any atom is 0.418 e. The third-order valence-corrected chi connectivity index (χ3v) is 9.84. The lowest BCUT2D eigenvalue weighted by Gasteiger charge is -2.39. The number of fused-ring (bicyclic) bond motifs is 2. The van der Waals surface area contributed by atoms with Crippen LogP contribution in [-0.2, 0) is 11.0 Å². The maximum absolute atomic E-state index is 16.5. The fourth-order valence-electron chi connectivity index (χ4n) is 7.23. The van der Waals surface area contributed by atoms with E-state index in [0.717, 1.165) is 18.6 Å². The predicted molar refractivity (Wildman–Crippen MR) is 178 cm³/mol. The van der Waals surface area contributed by atoms with E-state index in [1.807, 2.05) is 23.9 Å². The number of amides is 1. The van der Waals surface area contributed by atoms with E-state index >= 15 is 4.39 Å². The molecule has 3 atom stereocenters. The predicted octanol–water partition coefficient (Wildman–Crippen LogP) is 5.51. The smallest absolute Gasteiger partial charge is 0.418 e. The average Bonchev–Trinajstić information content (AvgIpc) is 3.58. The molecule has 0 unspecified atom stereocenters. The summed E-state index contributed by atoms with van der Waals surface area (Å²) in [6.45, 7) is 9.73. The first-order chi connectivity index (χ1) is 23.8. The van der Waals surface area contributed by atoms with E-state index in [1.54, 1.807) is 15.9 Å². The lowest BCUT2D eigenvalue weighted by atomic mass is 9.95. The number of hydrogen-bond donors (Lipinski definition) is 0. The van der Waals surface area contributed by atoms with Crippen molar-refractivity contribution in [2.24, 2.45) is 0 Å². The molecule has 3 aromatic rings. The molecule has 0 radical (unpaired) electrons. The summed E-state index contributed by atoms with van der Waals surface area (Å²) in [5.41, 5.74) is -3.30. The minimum absolute atomic E-state index is 0.00929. The van der Waals surface area contributed by atoms with Gasteiger partial charge in [0.05, 0.1) is 21.5 Å². The van der Waals surface area contributed by atoms with E-state index in [0.29, 0.717) is 19.5 Å². The van der Waals surface area contributed by atoms with Crippen molar-refractivity contribution in [2.45, 2.75) is 43.2 Å². The number of carbonyl (C=O) groups is 1. The molecule has 50 heavy (non-hydrogen) atoms. The highest BCUT2D eigenvalue weighted by atomic mass is 35.5. The molecule has 3 fully saturated rings. The molecule has 3 saturated heterocycles. The highest BCUT2D eigenvalue weighted by Gasteiger charge is 2.49. The summed E-state index contributed by atoms with van der Waals surface area (Å²) < 4.78 is 79.5. The van der Waals surface area contributed by atoms with Gasteiger partial charge in [-0.3, -0.25) is 14.7 Å². The zero-order valence-electron chi connectivity index (χ0n) is 27.6. The minimum Gasteiger partial charge on any atom is -0.461 e. The normalized spacial score (nSPS) is 22.9. The monoisotopic (exact) mass is 718 g/mol. The topological polar surface area (TPSA) is 82.3 Å². The third-order valence-electron chi connectivity index (χ3n) is 9.53. The van der Waals surface area contributed by atoms with Crippen LogP contribution in [-0.4, -0.2) is 120 Å². The molecule has 1 amide bonds. The quantitative estimate of drug-likeness (QED) is 0.163. The zero-order chi connectivity index (χ0) is 35.8. The number of benzene rings is 1. The summed E-state index contributed by atoms with van der Waals surface area (Å²) in [5.74, 6) is -1.20. The van der Waals surface area contributed by atoms with Gasteiger partial charge >= 0.3 is 12.2 Å². The molecule has 1 aromatic carbocycles. The SMILES string of the molecule is [C-]#[N+]C[C@H]1CN(c2nc(OC[C@@]34CCCN3C[C@H](F)C4)nc3c(F)c(-c4cccc(Cl)c4C(F)(F)F)ncc23)CCN1C(=O)/C=C/CN(C)C. The number of ether oxygens (including phenoxy) is 1. The molecule has 3 aliphatic rings. The first-order valence-electron chi connectivity index (χ1n) is 16.3. The zero-order valence-corrected chi connectivity index (χ0v) is 28.3. The largest absolute Gasteiger partial charge is 0.461 e. The van der Waals surface area contributed by atoms with Crippen LogP contribution in [0.1, 0.15) is 24.8 Å². The van der Waals surface area contributed by atoms with Gasteiger partial charge in [0.2, 0.25) is 12.5 Å². The first-order valence-corrected chi connectivity index (χ1v) is 16.6. The van der Waals surface area contributed by atoms with E-state index in [9.17, 15) is 22.4 Å². The van der Waals surface area contributed by atoms with Crippen molar-refractivity contribution in [2.75, 3.05) is 71.4 Å². The van der Waals surface area contributed by atoms with Crippen LogP contribution < -0.4 is 9.64 Å². The van der Waals surface area contributed by atoms with Crippen LogP contribution >= 0.6 is 11.6 Å². The lowest BCUT2D eigenvalue weighted by Crippen LogP contribution is -2.56. The van der Waals surface area contributed by atoms with Crippen LogP contribution in [0.25, 0.3) is 27.0 Å². The summed E-state index contributed by atoms with van der Waals surface area (Å²) in [7, 11) is 3.75. The number of piperazine rings is 1. The third kappa shape index (κ3) is 7.06. The Hall–Kier alpha value is -4.13. The Morgan fingerprint density at radius 2 is 2.02 bits per heavy atom. The van der Waals surface area contributed by atoms with Gasteiger partial charge in [-0.1, -0.05) is 29.8 Å². The molecule has 6 rings (SSSR count). The average molecular weight is 719 g/mol. The van der Waals surface area contributed by atoms with E-state index < -0.39 is 51.6 Å².